The maximum absolute atomic E-state index is 11.8. The average Bonchev–Trinajstić information content (AvgIpc) is 2.96. The molecule has 0 bridgehead atoms. The van der Waals surface area contributed by atoms with Crippen molar-refractivity contribution in [3.63, 3.8) is 0 Å². The van der Waals surface area contributed by atoms with Crippen LogP contribution in [0.5, 0.6) is 0 Å². The van der Waals surface area contributed by atoms with E-state index < -0.39 is 11.9 Å². The molecule has 17 heavy (non-hydrogen) atoms. The van der Waals surface area contributed by atoms with Crippen LogP contribution >= 0.6 is 0 Å². The molecule has 98 valence electrons. The molecule has 5 heteroatoms. The third kappa shape index (κ3) is 4.00. The Morgan fingerprint density at radius 1 is 1.41 bits per heavy atom. The molecule has 0 heterocycles. The minimum atomic E-state index is -0.487. The highest BCUT2D eigenvalue weighted by molar-refractivity contribution is 5.83. The van der Waals surface area contributed by atoms with E-state index in [9.17, 15) is 9.59 Å². The van der Waals surface area contributed by atoms with E-state index in [0.717, 1.165) is 12.8 Å². The number of rotatable bonds is 5. The molecule has 1 saturated carbocycles. The minimum absolute atomic E-state index is 0.0167. The van der Waals surface area contributed by atoms with Gasteiger partial charge in [0, 0.05) is 13.1 Å². The lowest BCUT2D eigenvalue weighted by Crippen LogP contribution is -2.52. The molecule has 0 saturated heterocycles. The third-order valence-electron chi connectivity index (χ3n) is 3.10. The largest absolute Gasteiger partial charge is 0.368 e. The highest BCUT2D eigenvalue weighted by Crippen LogP contribution is 2.25. The molecule has 0 spiro atoms. The standard InChI is InChI=1S/C12H23N3O2/c1-12(2,3)10(11(13)17)14-7-9(16)15(4)8-5-6-8/h8,10,14H,5-7H2,1-4H3,(H2,13,17)/t10-/m1/s1. The molecule has 0 unspecified atom stereocenters. The zero-order valence-corrected chi connectivity index (χ0v) is 11.1. The van der Waals surface area contributed by atoms with Crippen molar-refractivity contribution in [2.45, 2.75) is 45.7 Å². The maximum Gasteiger partial charge on any atom is 0.236 e. The molecule has 1 aliphatic carbocycles. The monoisotopic (exact) mass is 241 g/mol. The Morgan fingerprint density at radius 2 is 1.94 bits per heavy atom. The second kappa shape index (κ2) is 5.04. The van der Waals surface area contributed by atoms with Crippen LogP contribution < -0.4 is 11.1 Å². The van der Waals surface area contributed by atoms with Crippen molar-refractivity contribution in [1.29, 1.82) is 0 Å². The van der Waals surface area contributed by atoms with Crippen LogP contribution in [0.3, 0.4) is 0 Å². The topological polar surface area (TPSA) is 75.4 Å². The summed E-state index contributed by atoms with van der Waals surface area (Å²) in [6.45, 7) is 5.93. The number of carbonyl (C=O) groups excluding carboxylic acids is 2. The second-order valence-electron chi connectivity index (χ2n) is 5.82. The SMILES string of the molecule is CN(C(=O)CN[C@H](C(N)=O)C(C)(C)C)C1CC1. The van der Waals surface area contributed by atoms with Crippen LogP contribution in [-0.2, 0) is 9.59 Å². The number of nitrogens with one attached hydrogen (secondary N) is 1. The van der Waals surface area contributed by atoms with Crippen LogP contribution in [-0.4, -0.2) is 42.4 Å². The van der Waals surface area contributed by atoms with E-state index in [4.69, 9.17) is 5.73 Å². The average molecular weight is 241 g/mol. The molecule has 3 N–H and O–H groups in total. The molecular formula is C12H23N3O2. The van der Waals surface area contributed by atoms with Gasteiger partial charge in [0.2, 0.25) is 11.8 Å². The number of hydrogen-bond donors (Lipinski definition) is 2. The Bertz CT molecular complexity index is 305. The van der Waals surface area contributed by atoms with Gasteiger partial charge < -0.3 is 10.6 Å². The van der Waals surface area contributed by atoms with Gasteiger partial charge in [-0.1, -0.05) is 20.8 Å². The van der Waals surface area contributed by atoms with Gasteiger partial charge in [0.15, 0.2) is 0 Å². The van der Waals surface area contributed by atoms with Gasteiger partial charge in [0.05, 0.1) is 12.6 Å². The first-order chi connectivity index (χ1) is 7.73. The smallest absolute Gasteiger partial charge is 0.236 e. The maximum atomic E-state index is 11.8. The van der Waals surface area contributed by atoms with Crippen LogP contribution in [0.4, 0.5) is 0 Å². The van der Waals surface area contributed by atoms with Gasteiger partial charge in [-0.05, 0) is 18.3 Å². The van der Waals surface area contributed by atoms with Gasteiger partial charge in [-0.25, -0.2) is 0 Å². The van der Waals surface area contributed by atoms with Crippen LogP contribution in [0.2, 0.25) is 0 Å². The highest BCUT2D eigenvalue weighted by atomic mass is 16.2. The Kier molecular flexibility index (Phi) is 4.14. The first-order valence-corrected chi connectivity index (χ1v) is 6.02. The van der Waals surface area contributed by atoms with Gasteiger partial charge in [-0.3, -0.25) is 14.9 Å². The number of hydrogen-bond acceptors (Lipinski definition) is 3. The van der Waals surface area contributed by atoms with E-state index in [2.05, 4.69) is 5.32 Å². The van der Waals surface area contributed by atoms with E-state index in [1.807, 2.05) is 20.8 Å². The number of carbonyl (C=O) groups is 2. The Balaban J connectivity index is 2.46. The van der Waals surface area contributed by atoms with Crippen LogP contribution in [0, 0.1) is 5.41 Å². The summed E-state index contributed by atoms with van der Waals surface area (Å²) in [6, 6.07) is -0.0926. The predicted octanol–water partition coefficient (Wildman–Crippen LogP) is 0.0968. The van der Waals surface area contributed by atoms with Gasteiger partial charge in [0.25, 0.3) is 0 Å². The Hall–Kier alpha value is -1.10. The number of nitrogens with two attached hydrogens (primary N) is 1. The van der Waals surface area contributed by atoms with E-state index in [1.165, 1.54) is 0 Å². The zero-order chi connectivity index (χ0) is 13.2. The molecule has 1 fully saturated rings. The van der Waals surface area contributed by atoms with E-state index in [1.54, 1.807) is 11.9 Å². The Morgan fingerprint density at radius 3 is 2.29 bits per heavy atom. The fourth-order valence-electron chi connectivity index (χ4n) is 1.81. The first kappa shape index (κ1) is 14.0. The van der Waals surface area contributed by atoms with E-state index in [0.29, 0.717) is 6.04 Å². The summed E-state index contributed by atoms with van der Waals surface area (Å²) in [5.41, 5.74) is 5.04. The van der Waals surface area contributed by atoms with Gasteiger partial charge in [-0.15, -0.1) is 0 Å². The highest BCUT2D eigenvalue weighted by Gasteiger charge is 2.32. The lowest BCUT2D eigenvalue weighted by molar-refractivity contribution is -0.130. The molecule has 2 amide bonds. The van der Waals surface area contributed by atoms with Gasteiger partial charge >= 0.3 is 0 Å². The van der Waals surface area contributed by atoms with Crippen LogP contribution in [0.1, 0.15) is 33.6 Å². The van der Waals surface area contributed by atoms with E-state index >= 15 is 0 Å². The minimum Gasteiger partial charge on any atom is -0.368 e. The fourth-order valence-corrected chi connectivity index (χ4v) is 1.81. The van der Waals surface area contributed by atoms with Crippen molar-refractivity contribution in [1.82, 2.24) is 10.2 Å². The number of primary amides is 1. The summed E-state index contributed by atoms with van der Waals surface area (Å²) < 4.78 is 0. The molecule has 0 aromatic heterocycles. The molecule has 0 radical (unpaired) electrons. The van der Waals surface area contributed by atoms with Crippen LogP contribution in [0.25, 0.3) is 0 Å². The normalized spacial score (nSPS) is 17.6. The molecule has 5 nitrogen and oxygen atoms in total. The van der Waals surface area contributed by atoms with Crippen molar-refractivity contribution >= 4 is 11.8 Å². The zero-order valence-electron chi connectivity index (χ0n) is 11.1. The van der Waals surface area contributed by atoms with Gasteiger partial charge in [-0.2, -0.15) is 0 Å². The summed E-state index contributed by atoms with van der Waals surface area (Å²) in [4.78, 5) is 24.8. The quantitative estimate of drug-likeness (QED) is 0.716. The molecular weight excluding hydrogens is 218 g/mol. The molecule has 1 atom stereocenters. The number of amides is 2. The summed E-state index contributed by atoms with van der Waals surface area (Å²) in [5.74, 6) is -0.401. The second-order valence-corrected chi connectivity index (χ2v) is 5.82. The van der Waals surface area contributed by atoms with Gasteiger partial charge in [0.1, 0.15) is 0 Å². The molecule has 1 rings (SSSR count). The summed E-state index contributed by atoms with van der Waals surface area (Å²) >= 11 is 0. The van der Waals surface area contributed by atoms with Crippen molar-refractivity contribution in [2.75, 3.05) is 13.6 Å². The summed E-state index contributed by atoms with van der Waals surface area (Å²) in [6.07, 6.45) is 2.17. The van der Waals surface area contributed by atoms with Crippen molar-refractivity contribution in [3.05, 3.63) is 0 Å². The first-order valence-electron chi connectivity index (χ1n) is 6.02. The third-order valence-corrected chi connectivity index (χ3v) is 3.10. The van der Waals surface area contributed by atoms with Crippen molar-refractivity contribution in [2.24, 2.45) is 11.1 Å². The number of likely N-dealkylation sites (N-methyl/N-ethyl adjacent to an activating group) is 1. The van der Waals surface area contributed by atoms with Crippen molar-refractivity contribution < 1.29 is 9.59 Å². The van der Waals surface area contributed by atoms with E-state index in [-0.39, 0.29) is 17.9 Å². The summed E-state index contributed by atoms with van der Waals surface area (Å²) in [7, 11) is 1.80. The van der Waals surface area contributed by atoms with Crippen molar-refractivity contribution in [3.8, 4) is 0 Å². The lowest BCUT2D eigenvalue weighted by Gasteiger charge is -2.29. The molecule has 0 aromatic rings. The summed E-state index contributed by atoms with van der Waals surface area (Å²) in [5, 5.41) is 2.96. The lowest BCUT2D eigenvalue weighted by atomic mass is 9.86. The molecule has 0 aliphatic heterocycles. The molecule has 0 aromatic carbocycles. The fraction of sp³-hybridized carbons (Fsp3) is 0.833. The number of nitrogens with zero attached hydrogens (tertiary/aromatic N) is 1. The predicted molar refractivity (Wildman–Crippen MR) is 66.2 cm³/mol. The molecule has 1 aliphatic rings. The Labute approximate surface area is 103 Å². The van der Waals surface area contributed by atoms with Crippen LogP contribution in [0.15, 0.2) is 0 Å².